The summed E-state index contributed by atoms with van der Waals surface area (Å²) in [6.07, 6.45) is 1.08. The van der Waals surface area contributed by atoms with Crippen LogP contribution in [0.15, 0.2) is 28.8 Å². The summed E-state index contributed by atoms with van der Waals surface area (Å²) in [5, 5.41) is 11.6. The molecule has 24 heavy (non-hydrogen) atoms. The lowest BCUT2D eigenvalue weighted by atomic mass is 10.2. The molecule has 0 atom stereocenters. The summed E-state index contributed by atoms with van der Waals surface area (Å²) in [5.74, 6) is -1.28. The third kappa shape index (κ3) is 3.40. The highest BCUT2D eigenvalue weighted by molar-refractivity contribution is 7.86. The maximum atomic E-state index is 12.1. The summed E-state index contributed by atoms with van der Waals surface area (Å²) in [6.45, 7) is 1.08. The Morgan fingerprint density at radius 3 is 2.50 bits per heavy atom. The van der Waals surface area contributed by atoms with Crippen LogP contribution in [0.3, 0.4) is 0 Å². The normalized spacial score (nSPS) is 14.8. The zero-order valence-electron chi connectivity index (χ0n) is 12.9. The first-order valence-electron chi connectivity index (χ1n) is 6.80. The number of carbonyl (C=O) groups is 2. The quantitative estimate of drug-likeness (QED) is 0.476. The Hall–Kier alpha value is -2.43. The van der Waals surface area contributed by atoms with Crippen LogP contribution in [0.5, 0.6) is 5.75 Å². The molecule has 0 spiro atoms. The second kappa shape index (κ2) is 6.59. The van der Waals surface area contributed by atoms with Crippen LogP contribution in [0, 0.1) is 6.92 Å². The number of benzene rings is 1. The number of rotatable bonds is 6. The Bertz CT molecular complexity index is 830. The molecule has 0 unspecified atom stereocenters. The number of hydrogen-bond acceptors (Lipinski definition) is 7. The number of methoxy groups -OCH3 is 1. The van der Waals surface area contributed by atoms with E-state index in [2.05, 4.69) is 5.32 Å². The molecule has 2 amide bonds. The average Bonchev–Trinajstić information content (AvgIpc) is 2.76. The second-order valence-electron chi connectivity index (χ2n) is 4.99. The van der Waals surface area contributed by atoms with Gasteiger partial charge in [0, 0.05) is 17.8 Å². The van der Waals surface area contributed by atoms with Gasteiger partial charge >= 0.3 is 0 Å². The van der Waals surface area contributed by atoms with Crippen molar-refractivity contribution >= 4 is 27.6 Å². The number of aryl methyl sites for hydroxylation is 1. The number of hydrogen-bond donors (Lipinski definition) is 3. The molecule has 2 rings (SSSR count). The molecule has 1 aromatic carbocycles. The lowest BCUT2D eigenvalue weighted by Gasteiger charge is -2.16. The summed E-state index contributed by atoms with van der Waals surface area (Å²) < 4.78 is 36.8. The van der Waals surface area contributed by atoms with E-state index in [4.69, 9.17) is 9.84 Å². The van der Waals surface area contributed by atoms with Crippen molar-refractivity contribution in [3.63, 3.8) is 0 Å². The van der Waals surface area contributed by atoms with Gasteiger partial charge in [0.05, 0.1) is 20.3 Å². The van der Waals surface area contributed by atoms with Gasteiger partial charge in [-0.05, 0) is 18.6 Å². The van der Waals surface area contributed by atoms with Crippen molar-refractivity contribution in [1.29, 1.82) is 0 Å². The summed E-state index contributed by atoms with van der Waals surface area (Å²) in [7, 11) is -3.24. The number of nitrogens with one attached hydrogen (secondary N) is 1. The van der Waals surface area contributed by atoms with Crippen LogP contribution in [0.2, 0.25) is 0 Å². The third-order valence-corrected chi connectivity index (χ3v) is 4.27. The molecule has 9 nitrogen and oxygen atoms in total. The number of β-amino-alcohol motifs (C(OH)–C–C–N with tert-alkyl or cyclic N) is 1. The highest BCUT2D eigenvalue weighted by atomic mass is 32.2. The van der Waals surface area contributed by atoms with E-state index in [1.165, 1.54) is 19.2 Å². The minimum Gasteiger partial charge on any atom is -0.495 e. The van der Waals surface area contributed by atoms with E-state index >= 15 is 0 Å². The summed E-state index contributed by atoms with van der Waals surface area (Å²) >= 11 is 0. The van der Waals surface area contributed by atoms with Gasteiger partial charge in [0.15, 0.2) is 0 Å². The molecule has 1 heterocycles. The predicted molar refractivity (Wildman–Crippen MR) is 83.1 cm³/mol. The molecule has 130 valence electrons. The highest BCUT2D eigenvalue weighted by Gasteiger charge is 2.31. The Morgan fingerprint density at radius 1 is 1.29 bits per heavy atom. The van der Waals surface area contributed by atoms with Crippen molar-refractivity contribution in [3.8, 4) is 5.75 Å². The molecule has 0 aliphatic carbocycles. The van der Waals surface area contributed by atoms with Crippen LogP contribution < -0.4 is 10.1 Å². The molecule has 0 saturated heterocycles. The van der Waals surface area contributed by atoms with Crippen molar-refractivity contribution in [3.05, 3.63) is 29.5 Å². The first-order valence-corrected chi connectivity index (χ1v) is 8.24. The number of carbonyl (C=O) groups excluding carboxylic acids is 2. The molecule has 1 aliphatic rings. The monoisotopic (exact) mass is 356 g/mol. The summed E-state index contributed by atoms with van der Waals surface area (Å²) in [5.41, 5.74) is 0.723. The Labute approximate surface area is 138 Å². The molecule has 0 fully saturated rings. The van der Waals surface area contributed by atoms with E-state index in [9.17, 15) is 22.6 Å². The van der Waals surface area contributed by atoms with Crippen LogP contribution in [0.4, 0.5) is 5.69 Å². The standard InChI is InChI=1S/C14H16N2O7S/c1-8-5-12(24(20,21)22)11(23-2)6-9(8)15-10-7-13(18)16(3-4-17)14(10)19/h5-7,15,17H,3-4H2,1-2H3,(H,20,21,22). The molecular formula is C14H16N2O7S. The van der Waals surface area contributed by atoms with E-state index in [1.54, 1.807) is 6.92 Å². The number of imide groups is 1. The van der Waals surface area contributed by atoms with E-state index in [0.29, 0.717) is 11.3 Å². The number of aliphatic hydroxyl groups excluding tert-OH is 1. The zero-order valence-corrected chi connectivity index (χ0v) is 13.8. The van der Waals surface area contributed by atoms with Crippen LogP contribution in [-0.4, -0.2) is 55.1 Å². The van der Waals surface area contributed by atoms with Gasteiger partial charge in [-0.25, -0.2) is 0 Å². The SMILES string of the molecule is COc1cc(NC2=CC(=O)N(CCO)C2=O)c(C)cc1S(=O)(=O)O. The van der Waals surface area contributed by atoms with Gasteiger partial charge in [-0.15, -0.1) is 0 Å². The Balaban J connectivity index is 2.36. The minimum absolute atomic E-state index is 0.0155. The van der Waals surface area contributed by atoms with Crippen LogP contribution >= 0.6 is 0 Å². The number of aliphatic hydroxyl groups is 1. The van der Waals surface area contributed by atoms with Crippen molar-refractivity contribution in [2.24, 2.45) is 0 Å². The second-order valence-corrected chi connectivity index (χ2v) is 6.38. The fraction of sp³-hybridized carbons (Fsp3) is 0.286. The molecule has 1 aliphatic heterocycles. The summed E-state index contributed by atoms with van der Waals surface area (Å²) in [4.78, 5) is 24.3. The zero-order chi connectivity index (χ0) is 18.1. The van der Waals surface area contributed by atoms with Gasteiger partial charge in [0.2, 0.25) is 0 Å². The van der Waals surface area contributed by atoms with Crippen molar-refractivity contribution in [1.82, 2.24) is 4.90 Å². The van der Waals surface area contributed by atoms with E-state index in [1.807, 2.05) is 0 Å². The van der Waals surface area contributed by atoms with Gasteiger partial charge < -0.3 is 15.2 Å². The number of nitrogens with zero attached hydrogens (tertiary/aromatic N) is 1. The first-order chi connectivity index (χ1) is 11.2. The Morgan fingerprint density at radius 2 is 1.96 bits per heavy atom. The predicted octanol–water partition coefficient (Wildman–Crippen LogP) is -0.0928. The molecule has 3 N–H and O–H groups in total. The molecule has 1 aromatic rings. The molecule has 0 saturated carbocycles. The fourth-order valence-corrected chi connectivity index (χ4v) is 2.93. The number of ether oxygens (including phenoxy) is 1. The number of amides is 2. The van der Waals surface area contributed by atoms with E-state index in [0.717, 1.165) is 11.0 Å². The Kier molecular flexibility index (Phi) is 4.92. The number of anilines is 1. The maximum Gasteiger partial charge on any atom is 0.298 e. The third-order valence-electron chi connectivity index (χ3n) is 3.39. The van der Waals surface area contributed by atoms with Crippen molar-refractivity contribution in [2.45, 2.75) is 11.8 Å². The maximum absolute atomic E-state index is 12.1. The van der Waals surface area contributed by atoms with Gasteiger partial charge in [0.25, 0.3) is 21.9 Å². The largest absolute Gasteiger partial charge is 0.495 e. The fourth-order valence-electron chi connectivity index (χ4n) is 2.21. The molecule has 0 bridgehead atoms. The highest BCUT2D eigenvalue weighted by Crippen LogP contribution is 2.31. The molecular weight excluding hydrogens is 340 g/mol. The minimum atomic E-state index is -4.47. The molecule has 0 radical (unpaired) electrons. The topological polar surface area (TPSA) is 133 Å². The smallest absolute Gasteiger partial charge is 0.298 e. The van der Waals surface area contributed by atoms with E-state index in [-0.39, 0.29) is 24.6 Å². The van der Waals surface area contributed by atoms with Gasteiger partial charge in [-0.2, -0.15) is 8.42 Å². The average molecular weight is 356 g/mol. The lowest BCUT2D eigenvalue weighted by Crippen LogP contribution is -2.34. The summed E-state index contributed by atoms with van der Waals surface area (Å²) in [6, 6.07) is 2.48. The van der Waals surface area contributed by atoms with E-state index < -0.39 is 26.8 Å². The van der Waals surface area contributed by atoms with Crippen molar-refractivity contribution in [2.75, 3.05) is 25.6 Å². The van der Waals surface area contributed by atoms with Gasteiger partial charge in [-0.1, -0.05) is 0 Å². The van der Waals surface area contributed by atoms with Crippen molar-refractivity contribution < 1.29 is 32.4 Å². The molecule has 10 heteroatoms. The lowest BCUT2D eigenvalue weighted by molar-refractivity contribution is -0.137. The van der Waals surface area contributed by atoms with Gasteiger partial charge in [-0.3, -0.25) is 19.0 Å². The van der Waals surface area contributed by atoms with Gasteiger partial charge in [0.1, 0.15) is 16.3 Å². The van der Waals surface area contributed by atoms with Crippen LogP contribution in [-0.2, 0) is 19.7 Å². The first kappa shape index (κ1) is 17.9. The van der Waals surface area contributed by atoms with Crippen LogP contribution in [0.25, 0.3) is 0 Å². The molecule has 0 aromatic heterocycles. The van der Waals surface area contributed by atoms with Crippen LogP contribution in [0.1, 0.15) is 5.56 Å².